The third-order valence-corrected chi connectivity index (χ3v) is 3.75. The Bertz CT molecular complexity index is 1080. The van der Waals surface area contributed by atoms with Gasteiger partial charge in [-0.2, -0.15) is 13.2 Å². The van der Waals surface area contributed by atoms with Crippen molar-refractivity contribution in [3.05, 3.63) is 55.6 Å². The van der Waals surface area contributed by atoms with E-state index in [2.05, 4.69) is 4.98 Å². The molecule has 0 bridgehead atoms. The first-order valence-corrected chi connectivity index (χ1v) is 6.77. The fourth-order valence-electron chi connectivity index (χ4n) is 2.41. The standard InChI is InChI=1S/C14H7ClF4N2O3/c1-21-8(14(17,18)19)3-2-5(12(21)22)9-7(16)4-6(15)11-10(9)20-13(23)24-11/h2-4H,1H3,(H,20,23). The number of aromatic nitrogens is 2. The largest absolute Gasteiger partial charge is 0.431 e. The SMILES string of the molecule is Cn1c(C(F)(F)F)ccc(-c2c(F)cc(Cl)c3oc(=O)[nH]c23)c1=O. The average Bonchev–Trinajstić information content (AvgIpc) is 2.84. The van der Waals surface area contributed by atoms with Gasteiger partial charge in [0.05, 0.1) is 21.7 Å². The number of oxazole rings is 1. The van der Waals surface area contributed by atoms with Crippen molar-refractivity contribution in [1.82, 2.24) is 9.55 Å². The van der Waals surface area contributed by atoms with E-state index in [1.54, 1.807) is 0 Å². The van der Waals surface area contributed by atoms with Crippen molar-refractivity contribution in [2.75, 3.05) is 0 Å². The lowest BCUT2D eigenvalue weighted by Gasteiger charge is -2.13. The highest BCUT2D eigenvalue weighted by molar-refractivity contribution is 6.35. The van der Waals surface area contributed by atoms with E-state index in [9.17, 15) is 27.2 Å². The van der Waals surface area contributed by atoms with Crippen LogP contribution >= 0.6 is 11.6 Å². The maximum atomic E-state index is 14.3. The smallest absolute Gasteiger partial charge is 0.406 e. The van der Waals surface area contributed by atoms with E-state index in [-0.39, 0.29) is 21.7 Å². The van der Waals surface area contributed by atoms with Crippen LogP contribution in [-0.2, 0) is 13.2 Å². The summed E-state index contributed by atoms with van der Waals surface area (Å²) in [5.41, 5.74) is -3.45. The van der Waals surface area contributed by atoms with Gasteiger partial charge in [0.1, 0.15) is 11.5 Å². The molecule has 0 atom stereocenters. The molecule has 3 rings (SSSR count). The van der Waals surface area contributed by atoms with Gasteiger partial charge < -0.3 is 8.98 Å². The number of nitrogens with one attached hydrogen (secondary N) is 1. The molecule has 0 fully saturated rings. The third-order valence-electron chi connectivity index (χ3n) is 3.47. The van der Waals surface area contributed by atoms with Gasteiger partial charge in [0.2, 0.25) is 0 Å². The van der Waals surface area contributed by atoms with Gasteiger partial charge in [-0.1, -0.05) is 11.6 Å². The molecule has 0 spiro atoms. The van der Waals surface area contributed by atoms with Crippen molar-refractivity contribution in [3.8, 4) is 11.1 Å². The fourth-order valence-corrected chi connectivity index (χ4v) is 2.64. The second-order valence-electron chi connectivity index (χ2n) is 4.93. The quantitative estimate of drug-likeness (QED) is 0.675. The van der Waals surface area contributed by atoms with Gasteiger partial charge in [0.15, 0.2) is 5.58 Å². The first-order valence-electron chi connectivity index (χ1n) is 6.39. The van der Waals surface area contributed by atoms with Crippen LogP contribution in [0, 0.1) is 5.82 Å². The van der Waals surface area contributed by atoms with E-state index in [1.165, 1.54) is 0 Å². The summed E-state index contributed by atoms with van der Waals surface area (Å²) in [4.78, 5) is 25.8. The molecule has 2 heterocycles. The van der Waals surface area contributed by atoms with Gasteiger partial charge in [-0.3, -0.25) is 9.78 Å². The van der Waals surface area contributed by atoms with Crippen molar-refractivity contribution >= 4 is 22.7 Å². The Hall–Kier alpha value is -2.55. The molecule has 0 saturated carbocycles. The lowest BCUT2D eigenvalue weighted by Crippen LogP contribution is -2.26. The van der Waals surface area contributed by atoms with Gasteiger partial charge in [0.25, 0.3) is 5.56 Å². The number of alkyl halides is 3. The second kappa shape index (κ2) is 5.23. The topological polar surface area (TPSA) is 68.0 Å². The zero-order chi connectivity index (χ0) is 17.8. The number of pyridine rings is 1. The Labute approximate surface area is 135 Å². The molecule has 0 radical (unpaired) electrons. The highest BCUT2D eigenvalue weighted by Gasteiger charge is 2.34. The summed E-state index contributed by atoms with van der Waals surface area (Å²) in [5.74, 6) is -1.93. The van der Waals surface area contributed by atoms with Crippen molar-refractivity contribution < 1.29 is 22.0 Å². The molecule has 0 amide bonds. The van der Waals surface area contributed by atoms with Crippen molar-refractivity contribution in [2.24, 2.45) is 7.05 Å². The number of H-pyrrole nitrogens is 1. The molecular weight excluding hydrogens is 356 g/mol. The first-order chi connectivity index (χ1) is 11.1. The number of halogens is 5. The molecule has 10 heteroatoms. The summed E-state index contributed by atoms with van der Waals surface area (Å²) in [6.07, 6.45) is -4.75. The fraction of sp³-hybridized carbons (Fsp3) is 0.143. The van der Waals surface area contributed by atoms with Crippen molar-refractivity contribution in [3.63, 3.8) is 0 Å². The Kier molecular flexibility index (Phi) is 3.56. The summed E-state index contributed by atoms with van der Waals surface area (Å²) < 4.78 is 57.9. The van der Waals surface area contributed by atoms with Crippen LogP contribution in [0.4, 0.5) is 17.6 Å². The van der Waals surface area contributed by atoms with E-state index in [0.717, 1.165) is 19.2 Å². The second-order valence-corrected chi connectivity index (χ2v) is 5.34. The van der Waals surface area contributed by atoms with Gasteiger partial charge in [-0.05, 0) is 18.2 Å². The molecule has 3 aromatic rings. The third kappa shape index (κ3) is 2.41. The van der Waals surface area contributed by atoms with E-state index in [1.807, 2.05) is 0 Å². The van der Waals surface area contributed by atoms with E-state index < -0.39 is 34.6 Å². The predicted octanol–water partition coefficient (Wildman–Crippen LogP) is 3.30. The Morgan fingerprint density at radius 3 is 2.54 bits per heavy atom. The maximum Gasteiger partial charge on any atom is 0.431 e. The van der Waals surface area contributed by atoms with Gasteiger partial charge in [0, 0.05) is 7.05 Å². The normalized spacial score (nSPS) is 12.1. The molecular formula is C14H7ClF4N2O3. The van der Waals surface area contributed by atoms with E-state index in [0.29, 0.717) is 10.6 Å². The van der Waals surface area contributed by atoms with Crippen LogP contribution in [0.3, 0.4) is 0 Å². The number of rotatable bonds is 1. The van der Waals surface area contributed by atoms with Crippen LogP contribution < -0.4 is 11.3 Å². The molecule has 1 aromatic carbocycles. The number of nitrogens with zero attached hydrogens (tertiary/aromatic N) is 1. The Morgan fingerprint density at radius 2 is 1.92 bits per heavy atom. The van der Waals surface area contributed by atoms with Crippen LogP contribution in [0.25, 0.3) is 22.2 Å². The Morgan fingerprint density at radius 1 is 1.25 bits per heavy atom. The summed E-state index contributed by atoms with van der Waals surface area (Å²) in [6, 6.07) is 2.30. The van der Waals surface area contributed by atoms with Crippen LogP contribution in [0.2, 0.25) is 5.02 Å². The minimum atomic E-state index is -4.75. The minimum absolute atomic E-state index is 0.194. The maximum absolute atomic E-state index is 14.3. The first kappa shape index (κ1) is 16.3. The molecule has 0 saturated heterocycles. The molecule has 0 aliphatic rings. The lowest BCUT2D eigenvalue weighted by atomic mass is 10.0. The highest BCUT2D eigenvalue weighted by Crippen LogP contribution is 2.34. The molecule has 2 aromatic heterocycles. The van der Waals surface area contributed by atoms with Crippen molar-refractivity contribution in [2.45, 2.75) is 6.18 Å². The summed E-state index contributed by atoms with van der Waals surface area (Å²) in [6.45, 7) is 0. The summed E-state index contributed by atoms with van der Waals surface area (Å²) >= 11 is 5.77. The number of fused-ring (bicyclic) bond motifs is 1. The molecule has 1 N–H and O–H groups in total. The van der Waals surface area contributed by atoms with Gasteiger partial charge in [-0.15, -0.1) is 0 Å². The molecule has 5 nitrogen and oxygen atoms in total. The Balaban J connectivity index is 2.40. The van der Waals surface area contributed by atoms with Crippen molar-refractivity contribution in [1.29, 1.82) is 0 Å². The molecule has 126 valence electrons. The number of benzene rings is 1. The zero-order valence-electron chi connectivity index (χ0n) is 11.8. The zero-order valence-corrected chi connectivity index (χ0v) is 12.5. The highest BCUT2D eigenvalue weighted by atomic mass is 35.5. The van der Waals surface area contributed by atoms with Crippen LogP contribution in [0.15, 0.2) is 32.2 Å². The minimum Gasteiger partial charge on any atom is -0.406 e. The number of hydrogen-bond donors (Lipinski definition) is 1. The molecule has 0 unspecified atom stereocenters. The monoisotopic (exact) mass is 362 g/mol. The van der Waals surface area contributed by atoms with Crippen LogP contribution in [0.1, 0.15) is 5.69 Å². The summed E-state index contributed by atoms with van der Waals surface area (Å²) in [7, 11) is 0.914. The van der Waals surface area contributed by atoms with E-state index in [4.69, 9.17) is 16.0 Å². The lowest BCUT2D eigenvalue weighted by molar-refractivity contribution is -0.143. The van der Waals surface area contributed by atoms with Gasteiger partial charge >= 0.3 is 11.9 Å². The van der Waals surface area contributed by atoms with Crippen LogP contribution in [0.5, 0.6) is 0 Å². The summed E-state index contributed by atoms with van der Waals surface area (Å²) in [5, 5.41) is -0.215. The van der Waals surface area contributed by atoms with Crippen LogP contribution in [-0.4, -0.2) is 9.55 Å². The van der Waals surface area contributed by atoms with E-state index >= 15 is 0 Å². The number of hydrogen-bond acceptors (Lipinski definition) is 3. The molecule has 24 heavy (non-hydrogen) atoms. The molecule has 0 aliphatic heterocycles. The van der Waals surface area contributed by atoms with Gasteiger partial charge in [-0.25, -0.2) is 9.18 Å². The average molecular weight is 363 g/mol. The predicted molar refractivity (Wildman–Crippen MR) is 77.5 cm³/mol. The number of aromatic amines is 1. The molecule has 0 aliphatic carbocycles.